The Labute approximate surface area is 187 Å². The van der Waals surface area contributed by atoms with Crippen molar-refractivity contribution in [3.63, 3.8) is 0 Å². The molecule has 0 spiro atoms. The van der Waals surface area contributed by atoms with Crippen LogP contribution in [-0.2, 0) is 22.7 Å². The van der Waals surface area contributed by atoms with E-state index in [4.69, 9.17) is 14.5 Å². The summed E-state index contributed by atoms with van der Waals surface area (Å²) in [5, 5.41) is 11.8. The number of nitrogens with zero attached hydrogens (tertiary/aromatic N) is 5. The summed E-state index contributed by atoms with van der Waals surface area (Å²) in [6.07, 6.45) is 3.93. The largest absolute Gasteiger partial charge is 0.471 e. The summed E-state index contributed by atoms with van der Waals surface area (Å²) < 4.78 is 12.7. The van der Waals surface area contributed by atoms with Gasteiger partial charge in [-0.15, -0.1) is 0 Å². The van der Waals surface area contributed by atoms with E-state index in [-0.39, 0.29) is 0 Å². The van der Waals surface area contributed by atoms with E-state index in [0.717, 1.165) is 48.5 Å². The van der Waals surface area contributed by atoms with Crippen LogP contribution in [0.4, 0.5) is 5.69 Å². The maximum atomic E-state index is 10.8. The minimum absolute atomic E-state index is 0.359. The standard InChI is InChI=1S/C23H29N5O4/c1-2-27-14-20(28-12-11-26(15-22(28)30)10-5-13-31-17-29)19-7-8-21(25-23(19)27)32-16-18-6-3-4-9-24-18/h3-4,6-9,14,17,22,30H,2,5,10-13,15-16H2,1H3. The molecule has 0 amide bonds. The van der Waals surface area contributed by atoms with Crippen LogP contribution in [0.15, 0.2) is 42.7 Å². The first-order chi connectivity index (χ1) is 15.7. The van der Waals surface area contributed by atoms with E-state index in [2.05, 4.69) is 27.6 Å². The first-order valence-electron chi connectivity index (χ1n) is 10.9. The number of aliphatic hydroxyl groups excluding tert-OH is 1. The molecule has 32 heavy (non-hydrogen) atoms. The van der Waals surface area contributed by atoms with Crippen molar-refractivity contribution in [2.45, 2.75) is 32.7 Å². The third-order valence-corrected chi connectivity index (χ3v) is 5.66. The van der Waals surface area contributed by atoms with E-state index in [1.54, 1.807) is 6.20 Å². The third kappa shape index (κ3) is 5.00. The molecule has 0 aliphatic carbocycles. The average molecular weight is 440 g/mol. The zero-order valence-corrected chi connectivity index (χ0v) is 18.3. The molecule has 9 heteroatoms. The van der Waals surface area contributed by atoms with Crippen molar-refractivity contribution in [2.75, 3.05) is 37.7 Å². The molecule has 0 saturated carbocycles. The Morgan fingerprint density at radius 1 is 1.25 bits per heavy atom. The van der Waals surface area contributed by atoms with Crippen molar-refractivity contribution in [3.8, 4) is 5.88 Å². The minimum atomic E-state index is -0.619. The van der Waals surface area contributed by atoms with Gasteiger partial charge in [-0.05, 0) is 31.5 Å². The number of aryl methyl sites for hydroxylation is 1. The molecule has 0 bridgehead atoms. The fourth-order valence-corrected chi connectivity index (χ4v) is 4.03. The number of piperazine rings is 1. The zero-order chi connectivity index (χ0) is 22.3. The van der Waals surface area contributed by atoms with E-state index in [1.165, 1.54) is 0 Å². The molecule has 1 atom stereocenters. The van der Waals surface area contributed by atoms with Crippen molar-refractivity contribution in [2.24, 2.45) is 0 Å². The van der Waals surface area contributed by atoms with Crippen LogP contribution in [-0.4, -0.2) is 70.0 Å². The van der Waals surface area contributed by atoms with Gasteiger partial charge in [0.25, 0.3) is 6.47 Å². The Kier molecular flexibility index (Phi) is 7.18. The van der Waals surface area contributed by atoms with Crippen LogP contribution in [0, 0.1) is 0 Å². The summed E-state index contributed by atoms with van der Waals surface area (Å²) in [6.45, 7) is 6.93. The van der Waals surface area contributed by atoms with Crippen molar-refractivity contribution in [1.29, 1.82) is 0 Å². The molecular weight excluding hydrogens is 410 g/mol. The topological polar surface area (TPSA) is 93.0 Å². The van der Waals surface area contributed by atoms with E-state index >= 15 is 0 Å². The van der Waals surface area contributed by atoms with Crippen LogP contribution < -0.4 is 9.64 Å². The first kappa shape index (κ1) is 22.0. The van der Waals surface area contributed by atoms with Gasteiger partial charge in [0, 0.05) is 56.6 Å². The van der Waals surface area contributed by atoms with Gasteiger partial charge < -0.3 is 24.0 Å². The van der Waals surface area contributed by atoms with Gasteiger partial charge in [-0.2, -0.15) is 4.98 Å². The first-order valence-corrected chi connectivity index (χ1v) is 10.9. The lowest BCUT2D eigenvalue weighted by Gasteiger charge is -2.39. The van der Waals surface area contributed by atoms with Crippen LogP contribution in [0.5, 0.6) is 5.88 Å². The number of fused-ring (bicyclic) bond motifs is 1. The highest BCUT2D eigenvalue weighted by Gasteiger charge is 2.27. The number of carbonyl (C=O) groups excluding carboxylic acids is 1. The molecule has 3 aromatic rings. The number of anilines is 1. The molecule has 0 aromatic carbocycles. The average Bonchev–Trinajstić information content (AvgIpc) is 3.19. The second kappa shape index (κ2) is 10.4. The predicted octanol–water partition coefficient (Wildman–Crippen LogP) is 2.03. The lowest BCUT2D eigenvalue weighted by Crippen LogP contribution is -2.53. The molecule has 1 unspecified atom stereocenters. The Balaban J connectivity index is 1.46. The normalized spacial score (nSPS) is 16.9. The van der Waals surface area contributed by atoms with Crippen molar-refractivity contribution < 1.29 is 19.4 Å². The summed E-state index contributed by atoms with van der Waals surface area (Å²) in [4.78, 5) is 23.5. The second-order valence-corrected chi connectivity index (χ2v) is 7.73. The van der Waals surface area contributed by atoms with Crippen molar-refractivity contribution >= 4 is 23.2 Å². The Hall–Kier alpha value is -3.17. The molecule has 3 aromatic heterocycles. The van der Waals surface area contributed by atoms with Crippen LogP contribution >= 0.6 is 0 Å². The smallest absolute Gasteiger partial charge is 0.293 e. The van der Waals surface area contributed by atoms with E-state index in [9.17, 15) is 9.90 Å². The number of aliphatic hydroxyl groups is 1. The SMILES string of the molecule is CCn1cc(N2CCN(CCCOC=O)CC2O)c2ccc(OCc3ccccn3)nc21. The lowest BCUT2D eigenvalue weighted by molar-refractivity contribution is -0.128. The van der Waals surface area contributed by atoms with Gasteiger partial charge in [-0.25, -0.2) is 0 Å². The van der Waals surface area contributed by atoms with Crippen molar-refractivity contribution in [3.05, 3.63) is 48.4 Å². The summed E-state index contributed by atoms with van der Waals surface area (Å²) in [5.74, 6) is 0.547. The summed E-state index contributed by atoms with van der Waals surface area (Å²) in [7, 11) is 0. The highest BCUT2D eigenvalue weighted by molar-refractivity contribution is 5.91. The van der Waals surface area contributed by atoms with E-state index in [0.29, 0.717) is 38.7 Å². The summed E-state index contributed by atoms with van der Waals surface area (Å²) in [6, 6.07) is 9.60. The van der Waals surface area contributed by atoms with Gasteiger partial charge in [-0.1, -0.05) is 6.07 Å². The summed E-state index contributed by atoms with van der Waals surface area (Å²) in [5.41, 5.74) is 2.66. The monoisotopic (exact) mass is 439 g/mol. The van der Waals surface area contributed by atoms with E-state index < -0.39 is 6.23 Å². The molecule has 0 radical (unpaired) electrons. The van der Waals surface area contributed by atoms with Gasteiger partial charge in [0.2, 0.25) is 5.88 Å². The number of pyridine rings is 2. The summed E-state index contributed by atoms with van der Waals surface area (Å²) >= 11 is 0. The third-order valence-electron chi connectivity index (χ3n) is 5.66. The quantitative estimate of drug-likeness (QED) is 0.379. The molecule has 1 aliphatic heterocycles. The molecule has 1 fully saturated rings. The number of aromatic nitrogens is 3. The fraction of sp³-hybridized carbons (Fsp3) is 0.435. The highest BCUT2D eigenvalue weighted by Crippen LogP contribution is 2.32. The Morgan fingerprint density at radius 2 is 2.16 bits per heavy atom. The zero-order valence-electron chi connectivity index (χ0n) is 18.3. The number of hydrogen-bond acceptors (Lipinski definition) is 8. The van der Waals surface area contributed by atoms with Gasteiger partial charge >= 0.3 is 0 Å². The van der Waals surface area contributed by atoms with Crippen LogP contribution in [0.1, 0.15) is 19.0 Å². The maximum absolute atomic E-state index is 10.8. The molecule has 170 valence electrons. The van der Waals surface area contributed by atoms with Gasteiger partial charge in [0.05, 0.1) is 18.0 Å². The minimum Gasteiger partial charge on any atom is -0.471 e. The number of β-amino-alcohol motifs (C(OH)–C–C–N with tert-alkyl or cyclic N) is 1. The lowest BCUT2D eigenvalue weighted by atomic mass is 10.2. The number of rotatable bonds is 10. The maximum Gasteiger partial charge on any atom is 0.293 e. The molecule has 1 N–H and O–H groups in total. The molecule has 9 nitrogen and oxygen atoms in total. The predicted molar refractivity (Wildman–Crippen MR) is 120 cm³/mol. The van der Waals surface area contributed by atoms with Gasteiger partial charge in [0.1, 0.15) is 18.5 Å². The molecule has 4 heterocycles. The van der Waals surface area contributed by atoms with Crippen LogP contribution in [0.3, 0.4) is 0 Å². The molecular formula is C23H29N5O4. The Bertz CT molecular complexity index is 1030. The molecule has 1 saturated heterocycles. The number of hydrogen-bond donors (Lipinski definition) is 1. The molecule has 4 rings (SSSR count). The van der Waals surface area contributed by atoms with Crippen LogP contribution in [0.2, 0.25) is 0 Å². The van der Waals surface area contributed by atoms with Crippen molar-refractivity contribution in [1.82, 2.24) is 19.4 Å². The number of carbonyl (C=O) groups is 1. The Morgan fingerprint density at radius 3 is 2.91 bits per heavy atom. The van der Waals surface area contributed by atoms with E-state index in [1.807, 2.05) is 35.2 Å². The second-order valence-electron chi connectivity index (χ2n) is 7.73. The number of ether oxygens (including phenoxy) is 2. The fourth-order valence-electron chi connectivity index (χ4n) is 4.03. The molecule has 1 aliphatic rings. The van der Waals surface area contributed by atoms with Gasteiger partial charge in [0.15, 0.2) is 0 Å². The highest BCUT2D eigenvalue weighted by atomic mass is 16.5. The van der Waals surface area contributed by atoms with Crippen LogP contribution in [0.25, 0.3) is 11.0 Å². The van der Waals surface area contributed by atoms with Gasteiger partial charge in [-0.3, -0.25) is 14.7 Å².